The van der Waals surface area contributed by atoms with Crippen LogP contribution >= 0.6 is 0 Å². The number of benzene rings is 1. The maximum Gasteiger partial charge on any atom is 0.326 e. The molecule has 3 atom stereocenters. The second-order valence-electron chi connectivity index (χ2n) is 8.34. The topological polar surface area (TPSA) is 189 Å². The smallest absolute Gasteiger partial charge is 0.326 e. The third-order valence-electron chi connectivity index (χ3n) is 5.65. The first-order valence-electron chi connectivity index (χ1n) is 11.5. The molecule has 188 valence electrons. The molecule has 0 aliphatic carbocycles. The number of aliphatic carboxylic acids is 1. The van der Waals surface area contributed by atoms with Crippen molar-refractivity contribution in [2.45, 2.75) is 63.1 Å². The van der Waals surface area contributed by atoms with E-state index in [1.165, 1.54) is 12.1 Å². The summed E-state index contributed by atoms with van der Waals surface area (Å²) in [5.74, 6) is -2.80. The Hall–Kier alpha value is -3.02. The lowest BCUT2D eigenvalue weighted by molar-refractivity contribution is -0.142. The van der Waals surface area contributed by atoms with Gasteiger partial charge in [-0.1, -0.05) is 6.42 Å². The Bertz CT molecular complexity index is 966. The molecule has 10 N–H and O–H groups in total. The van der Waals surface area contributed by atoms with Crippen LogP contribution in [-0.2, 0) is 20.8 Å². The first-order valence-corrected chi connectivity index (χ1v) is 11.5. The fourth-order valence-electron chi connectivity index (χ4n) is 3.69. The lowest BCUT2D eigenvalue weighted by Gasteiger charge is -2.23. The minimum absolute atomic E-state index is 0.0195. The number of hydrogen-bond donors (Lipinski definition) is 7. The molecule has 0 saturated heterocycles. The molecule has 0 unspecified atom stereocenters. The van der Waals surface area contributed by atoms with Gasteiger partial charge in [-0.25, -0.2) is 9.18 Å². The number of nitrogens with two attached hydrogens (primary N) is 3. The molecule has 0 saturated carbocycles. The summed E-state index contributed by atoms with van der Waals surface area (Å²) in [7, 11) is 0. The number of aromatic nitrogens is 1. The second kappa shape index (κ2) is 13.6. The standard InChI is InChI=1S/C23H35FN6O4/c24-15-7-8-18-16(12-15)14(13-28-18)11-20(30-21(31)17(27)5-1-3-9-25)22(32)29-19(23(33)34)6-2-4-10-26/h7-8,12-13,17,19-20,28H,1-6,9-11,25-27H2,(H,29,32)(H,30,31)(H,33,34)/t17-,19-,20+/m0/s1. The molecule has 2 rings (SSSR count). The molecular weight excluding hydrogens is 443 g/mol. The number of fused-ring (bicyclic) bond motifs is 1. The number of halogens is 1. The van der Waals surface area contributed by atoms with Crippen LogP contribution in [0.25, 0.3) is 10.9 Å². The van der Waals surface area contributed by atoms with Crippen molar-refractivity contribution < 1.29 is 23.9 Å². The molecule has 1 aromatic heterocycles. The van der Waals surface area contributed by atoms with Crippen LogP contribution in [-0.4, -0.2) is 59.1 Å². The molecule has 2 amide bonds. The van der Waals surface area contributed by atoms with Crippen LogP contribution in [0.2, 0.25) is 0 Å². The van der Waals surface area contributed by atoms with E-state index < -0.39 is 41.7 Å². The van der Waals surface area contributed by atoms with Crippen molar-refractivity contribution in [2.24, 2.45) is 17.2 Å². The van der Waals surface area contributed by atoms with Crippen molar-refractivity contribution in [3.63, 3.8) is 0 Å². The van der Waals surface area contributed by atoms with Crippen molar-refractivity contribution in [1.29, 1.82) is 0 Å². The number of carbonyl (C=O) groups is 3. The van der Waals surface area contributed by atoms with Crippen LogP contribution in [0.3, 0.4) is 0 Å². The summed E-state index contributed by atoms with van der Waals surface area (Å²) in [6, 6.07) is 1.15. The molecule has 11 heteroatoms. The van der Waals surface area contributed by atoms with Crippen molar-refractivity contribution in [3.05, 3.63) is 35.8 Å². The Morgan fingerprint density at radius 1 is 0.971 bits per heavy atom. The highest BCUT2D eigenvalue weighted by Gasteiger charge is 2.28. The molecule has 0 spiro atoms. The predicted octanol–water partition coefficient (Wildman–Crippen LogP) is 0.489. The number of unbranched alkanes of at least 4 members (excludes halogenated alkanes) is 2. The van der Waals surface area contributed by atoms with Crippen LogP contribution in [0.15, 0.2) is 24.4 Å². The van der Waals surface area contributed by atoms with Gasteiger partial charge < -0.3 is 37.9 Å². The number of aromatic amines is 1. The molecule has 2 aromatic rings. The Balaban J connectivity index is 2.21. The third-order valence-corrected chi connectivity index (χ3v) is 5.65. The molecule has 34 heavy (non-hydrogen) atoms. The number of hydrogen-bond acceptors (Lipinski definition) is 6. The van der Waals surface area contributed by atoms with Crippen LogP contribution in [0.5, 0.6) is 0 Å². The normalized spacial score (nSPS) is 13.9. The van der Waals surface area contributed by atoms with E-state index in [1.807, 2.05) is 0 Å². The van der Waals surface area contributed by atoms with Crippen molar-refractivity contribution in [3.8, 4) is 0 Å². The van der Waals surface area contributed by atoms with Gasteiger partial charge in [-0.15, -0.1) is 0 Å². The zero-order valence-electron chi connectivity index (χ0n) is 19.2. The van der Waals surface area contributed by atoms with Gasteiger partial charge in [0.05, 0.1) is 6.04 Å². The lowest BCUT2D eigenvalue weighted by Crippen LogP contribution is -2.55. The molecule has 10 nitrogen and oxygen atoms in total. The number of amides is 2. The molecule has 0 bridgehead atoms. The largest absolute Gasteiger partial charge is 0.480 e. The summed E-state index contributed by atoms with van der Waals surface area (Å²) in [5, 5.41) is 15.2. The highest BCUT2D eigenvalue weighted by atomic mass is 19.1. The van der Waals surface area contributed by atoms with E-state index in [-0.39, 0.29) is 12.8 Å². The van der Waals surface area contributed by atoms with E-state index in [4.69, 9.17) is 17.2 Å². The van der Waals surface area contributed by atoms with Crippen molar-refractivity contribution >= 4 is 28.7 Å². The van der Waals surface area contributed by atoms with Crippen molar-refractivity contribution in [2.75, 3.05) is 13.1 Å². The summed E-state index contributed by atoms with van der Waals surface area (Å²) in [6.07, 6.45) is 4.78. The number of nitrogens with one attached hydrogen (secondary N) is 3. The fourth-order valence-corrected chi connectivity index (χ4v) is 3.69. The lowest BCUT2D eigenvalue weighted by atomic mass is 10.0. The molecule has 0 radical (unpaired) electrons. The molecule has 0 aliphatic rings. The summed E-state index contributed by atoms with van der Waals surface area (Å²) < 4.78 is 13.8. The predicted molar refractivity (Wildman–Crippen MR) is 127 cm³/mol. The summed E-state index contributed by atoms with van der Waals surface area (Å²) in [6.45, 7) is 0.898. The quantitative estimate of drug-likeness (QED) is 0.181. The molecule has 1 aromatic carbocycles. The summed E-state index contributed by atoms with van der Waals surface area (Å²) in [5.41, 5.74) is 18.2. The van der Waals surface area contributed by atoms with Gasteiger partial charge in [0, 0.05) is 23.5 Å². The van der Waals surface area contributed by atoms with Crippen molar-refractivity contribution in [1.82, 2.24) is 15.6 Å². The van der Waals surface area contributed by atoms with Gasteiger partial charge in [0.2, 0.25) is 11.8 Å². The number of H-pyrrole nitrogens is 1. The zero-order valence-corrected chi connectivity index (χ0v) is 19.2. The fraction of sp³-hybridized carbons (Fsp3) is 0.522. The van der Waals surface area contributed by atoms with Gasteiger partial charge in [0.25, 0.3) is 0 Å². The maximum absolute atomic E-state index is 13.8. The SMILES string of the molecule is NCCCC[C@H](NC(=O)[C@@H](Cc1c[nH]c2ccc(F)cc12)NC(=O)[C@@H](N)CCCCN)C(=O)O. The number of carboxylic acids is 1. The van der Waals surface area contributed by atoms with E-state index in [0.717, 1.165) is 6.42 Å². The average molecular weight is 479 g/mol. The van der Waals surface area contributed by atoms with E-state index >= 15 is 0 Å². The van der Waals surface area contributed by atoms with Crippen LogP contribution in [0, 0.1) is 5.82 Å². The number of rotatable bonds is 15. The van der Waals surface area contributed by atoms with Crippen LogP contribution < -0.4 is 27.8 Å². The van der Waals surface area contributed by atoms with E-state index in [0.29, 0.717) is 55.2 Å². The van der Waals surface area contributed by atoms with Gasteiger partial charge in [-0.05, 0) is 69.0 Å². The summed E-state index contributed by atoms with van der Waals surface area (Å²) >= 11 is 0. The third kappa shape index (κ3) is 8.08. The Morgan fingerprint density at radius 3 is 2.26 bits per heavy atom. The van der Waals surface area contributed by atoms with Crippen LogP contribution in [0.1, 0.15) is 44.1 Å². The van der Waals surface area contributed by atoms with E-state index in [2.05, 4.69) is 15.6 Å². The van der Waals surface area contributed by atoms with E-state index in [9.17, 15) is 23.9 Å². The van der Waals surface area contributed by atoms with Gasteiger partial charge in [0.1, 0.15) is 17.9 Å². The minimum atomic E-state index is -1.18. The average Bonchev–Trinajstić information content (AvgIpc) is 3.19. The monoisotopic (exact) mass is 478 g/mol. The van der Waals surface area contributed by atoms with Gasteiger partial charge in [-0.2, -0.15) is 0 Å². The highest BCUT2D eigenvalue weighted by molar-refractivity contribution is 5.93. The van der Waals surface area contributed by atoms with Gasteiger partial charge >= 0.3 is 5.97 Å². The first kappa shape index (κ1) is 27.2. The molecule has 1 heterocycles. The Kier molecular flexibility index (Phi) is 10.9. The van der Waals surface area contributed by atoms with Crippen LogP contribution in [0.4, 0.5) is 4.39 Å². The number of carbonyl (C=O) groups excluding carboxylic acids is 2. The molecule has 0 aliphatic heterocycles. The Labute approximate surface area is 197 Å². The molecule has 0 fully saturated rings. The summed E-state index contributed by atoms with van der Waals surface area (Å²) in [4.78, 5) is 40.4. The minimum Gasteiger partial charge on any atom is -0.480 e. The first-order chi connectivity index (χ1) is 16.3. The highest BCUT2D eigenvalue weighted by Crippen LogP contribution is 2.21. The van der Waals surface area contributed by atoms with Gasteiger partial charge in [0.15, 0.2) is 0 Å². The second-order valence-corrected chi connectivity index (χ2v) is 8.34. The zero-order chi connectivity index (χ0) is 25.1. The maximum atomic E-state index is 13.8. The van der Waals surface area contributed by atoms with Gasteiger partial charge in [-0.3, -0.25) is 9.59 Å². The van der Waals surface area contributed by atoms with E-state index in [1.54, 1.807) is 12.3 Å². The molecular formula is C23H35FN6O4. The Morgan fingerprint density at radius 2 is 1.62 bits per heavy atom. The number of carboxylic acid groups (broad SMARTS) is 1.